The van der Waals surface area contributed by atoms with Gasteiger partial charge >= 0.3 is 0 Å². The van der Waals surface area contributed by atoms with Gasteiger partial charge in [0.05, 0.1) is 0 Å². The van der Waals surface area contributed by atoms with Gasteiger partial charge in [-0.15, -0.1) is 0 Å². The van der Waals surface area contributed by atoms with Crippen LogP contribution in [0.4, 0.5) is 0 Å². The first-order valence-corrected chi connectivity index (χ1v) is 5.30. The summed E-state index contributed by atoms with van der Waals surface area (Å²) in [5.74, 6) is 1.26. The van der Waals surface area contributed by atoms with Crippen LogP contribution in [0.25, 0.3) is 0 Å². The molecule has 4 nitrogen and oxygen atoms in total. The van der Waals surface area contributed by atoms with Gasteiger partial charge < -0.3 is 10.3 Å². The van der Waals surface area contributed by atoms with Crippen molar-refractivity contribution in [1.29, 1.82) is 0 Å². The van der Waals surface area contributed by atoms with E-state index in [0.717, 1.165) is 37.3 Å². The van der Waals surface area contributed by atoms with Crippen molar-refractivity contribution in [3.8, 4) is 0 Å². The Hall–Kier alpha value is -1.58. The van der Waals surface area contributed by atoms with Crippen molar-refractivity contribution in [1.82, 2.24) is 15.3 Å². The molecule has 0 aromatic carbocycles. The third-order valence-corrected chi connectivity index (χ3v) is 2.47. The standard InChI is InChI=1S/C11H15N3O/c15-10-4-3-9(8-10)12-5-1-2-11-13-6-7-14-11/h6-8,12H,1-5H2,(H,13,14). The van der Waals surface area contributed by atoms with Crippen molar-refractivity contribution in [2.24, 2.45) is 0 Å². The van der Waals surface area contributed by atoms with E-state index in [1.807, 2.05) is 6.20 Å². The zero-order valence-corrected chi connectivity index (χ0v) is 8.62. The number of carbonyl (C=O) groups excluding carboxylic acids is 1. The van der Waals surface area contributed by atoms with Gasteiger partial charge in [0.25, 0.3) is 0 Å². The average Bonchev–Trinajstić information content (AvgIpc) is 2.84. The smallest absolute Gasteiger partial charge is 0.157 e. The molecular formula is C11H15N3O. The van der Waals surface area contributed by atoms with E-state index < -0.39 is 0 Å². The molecule has 0 saturated heterocycles. The molecule has 4 heteroatoms. The Kier molecular flexibility index (Phi) is 3.17. The van der Waals surface area contributed by atoms with Crippen molar-refractivity contribution in [3.05, 3.63) is 30.0 Å². The minimum atomic E-state index is 0.239. The lowest BCUT2D eigenvalue weighted by Crippen LogP contribution is -2.14. The average molecular weight is 205 g/mol. The molecule has 1 aromatic rings. The Labute approximate surface area is 88.8 Å². The highest BCUT2D eigenvalue weighted by molar-refractivity contribution is 5.92. The lowest BCUT2D eigenvalue weighted by molar-refractivity contribution is -0.114. The van der Waals surface area contributed by atoms with Gasteiger partial charge in [-0.05, 0) is 12.8 Å². The number of hydrogen-bond donors (Lipinski definition) is 2. The van der Waals surface area contributed by atoms with Gasteiger partial charge in [-0.2, -0.15) is 0 Å². The number of aromatic nitrogens is 2. The minimum Gasteiger partial charge on any atom is -0.388 e. The number of imidazole rings is 1. The lowest BCUT2D eigenvalue weighted by atomic mass is 10.3. The topological polar surface area (TPSA) is 57.8 Å². The molecule has 2 N–H and O–H groups in total. The summed E-state index contributed by atoms with van der Waals surface area (Å²) in [5, 5.41) is 3.27. The Morgan fingerprint density at radius 2 is 2.40 bits per heavy atom. The first-order valence-electron chi connectivity index (χ1n) is 5.30. The Bertz CT molecular complexity index is 354. The number of hydrogen-bond acceptors (Lipinski definition) is 3. The van der Waals surface area contributed by atoms with E-state index in [-0.39, 0.29) is 5.78 Å². The molecule has 1 aliphatic rings. The maximum absolute atomic E-state index is 10.9. The molecule has 80 valence electrons. The number of carbonyl (C=O) groups is 1. The second kappa shape index (κ2) is 4.77. The molecule has 0 spiro atoms. The zero-order valence-electron chi connectivity index (χ0n) is 8.62. The first-order chi connectivity index (χ1) is 7.34. The fourth-order valence-electron chi connectivity index (χ4n) is 1.68. The molecule has 0 fully saturated rings. The van der Waals surface area contributed by atoms with Crippen molar-refractivity contribution < 1.29 is 4.79 Å². The number of aromatic amines is 1. The first kappa shape index (κ1) is 9.96. The Balaban J connectivity index is 1.63. The Morgan fingerprint density at radius 1 is 1.47 bits per heavy atom. The second-order valence-corrected chi connectivity index (χ2v) is 3.70. The SMILES string of the molecule is O=C1C=C(NCCCc2ncc[nH]2)CC1. The van der Waals surface area contributed by atoms with Crippen LogP contribution in [0.2, 0.25) is 0 Å². The number of H-pyrrole nitrogens is 1. The normalized spacial score (nSPS) is 15.5. The van der Waals surface area contributed by atoms with E-state index in [1.165, 1.54) is 0 Å². The molecule has 2 rings (SSSR count). The fraction of sp³-hybridized carbons (Fsp3) is 0.455. The van der Waals surface area contributed by atoms with E-state index in [2.05, 4.69) is 15.3 Å². The van der Waals surface area contributed by atoms with Crippen LogP contribution in [0.15, 0.2) is 24.2 Å². The molecular weight excluding hydrogens is 190 g/mol. The predicted molar refractivity (Wildman–Crippen MR) is 57.2 cm³/mol. The van der Waals surface area contributed by atoms with Crippen molar-refractivity contribution in [2.75, 3.05) is 6.54 Å². The third kappa shape index (κ3) is 2.94. The van der Waals surface area contributed by atoms with E-state index >= 15 is 0 Å². The molecule has 1 heterocycles. The lowest BCUT2D eigenvalue weighted by Gasteiger charge is -2.04. The van der Waals surface area contributed by atoms with Crippen molar-refractivity contribution in [2.45, 2.75) is 25.7 Å². The number of aryl methyl sites for hydroxylation is 1. The quantitative estimate of drug-likeness (QED) is 0.710. The highest BCUT2D eigenvalue weighted by atomic mass is 16.1. The number of nitrogens with one attached hydrogen (secondary N) is 2. The number of rotatable bonds is 5. The number of allylic oxidation sites excluding steroid dienone is 2. The summed E-state index contributed by atoms with van der Waals surface area (Å²) in [6.07, 6.45) is 8.83. The second-order valence-electron chi connectivity index (χ2n) is 3.70. The maximum Gasteiger partial charge on any atom is 0.157 e. The van der Waals surface area contributed by atoms with Gasteiger partial charge in [0.1, 0.15) is 5.82 Å². The van der Waals surface area contributed by atoms with Gasteiger partial charge in [-0.25, -0.2) is 4.98 Å². The Morgan fingerprint density at radius 3 is 3.07 bits per heavy atom. The summed E-state index contributed by atoms with van der Waals surface area (Å²) < 4.78 is 0. The summed E-state index contributed by atoms with van der Waals surface area (Å²) >= 11 is 0. The summed E-state index contributed by atoms with van der Waals surface area (Å²) in [6, 6.07) is 0. The number of nitrogens with zero attached hydrogens (tertiary/aromatic N) is 1. The van der Waals surface area contributed by atoms with Crippen molar-refractivity contribution >= 4 is 5.78 Å². The van der Waals surface area contributed by atoms with Crippen LogP contribution < -0.4 is 5.32 Å². The van der Waals surface area contributed by atoms with Gasteiger partial charge in [0.2, 0.25) is 0 Å². The van der Waals surface area contributed by atoms with Crippen LogP contribution in [-0.4, -0.2) is 22.3 Å². The van der Waals surface area contributed by atoms with Gasteiger partial charge in [0, 0.05) is 43.6 Å². The molecule has 0 saturated carbocycles. The molecule has 0 radical (unpaired) electrons. The van der Waals surface area contributed by atoms with Crippen LogP contribution in [0.3, 0.4) is 0 Å². The molecule has 0 amide bonds. The fourth-order valence-corrected chi connectivity index (χ4v) is 1.68. The highest BCUT2D eigenvalue weighted by Crippen LogP contribution is 2.11. The van der Waals surface area contributed by atoms with Crippen molar-refractivity contribution in [3.63, 3.8) is 0 Å². The van der Waals surface area contributed by atoms with Crippen LogP contribution in [0.1, 0.15) is 25.1 Å². The molecule has 0 atom stereocenters. The van der Waals surface area contributed by atoms with Crippen LogP contribution in [-0.2, 0) is 11.2 Å². The van der Waals surface area contributed by atoms with Crippen LogP contribution in [0, 0.1) is 0 Å². The summed E-state index contributed by atoms with van der Waals surface area (Å²) in [6.45, 7) is 0.903. The third-order valence-electron chi connectivity index (χ3n) is 2.47. The maximum atomic E-state index is 10.9. The van der Waals surface area contributed by atoms with Crippen LogP contribution >= 0.6 is 0 Å². The minimum absolute atomic E-state index is 0.239. The monoisotopic (exact) mass is 205 g/mol. The van der Waals surface area contributed by atoms with E-state index in [0.29, 0.717) is 6.42 Å². The predicted octanol–water partition coefficient (Wildman–Crippen LogP) is 1.18. The summed E-state index contributed by atoms with van der Waals surface area (Å²) in [7, 11) is 0. The number of ketones is 1. The van der Waals surface area contributed by atoms with E-state index in [1.54, 1.807) is 12.3 Å². The molecule has 0 bridgehead atoms. The van der Waals surface area contributed by atoms with Crippen LogP contribution in [0.5, 0.6) is 0 Å². The van der Waals surface area contributed by atoms with Gasteiger partial charge in [-0.3, -0.25) is 4.79 Å². The molecule has 1 aromatic heterocycles. The molecule has 0 aliphatic heterocycles. The summed E-state index contributed by atoms with van der Waals surface area (Å²) in [4.78, 5) is 18.2. The molecule has 15 heavy (non-hydrogen) atoms. The summed E-state index contributed by atoms with van der Waals surface area (Å²) in [5.41, 5.74) is 1.08. The van der Waals surface area contributed by atoms with Gasteiger partial charge in [0.15, 0.2) is 5.78 Å². The molecule has 0 unspecified atom stereocenters. The van der Waals surface area contributed by atoms with Gasteiger partial charge in [-0.1, -0.05) is 0 Å². The molecule has 1 aliphatic carbocycles. The highest BCUT2D eigenvalue weighted by Gasteiger charge is 2.10. The largest absolute Gasteiger partial charge is 0.388 e. The van der Waals surface area contributed by atoms with E-state index in [9.17, 15) is 4.79 Å². The van der Waals surface area contributed by atoms with E-state index in [4.69, 9.17) is 0 Å². The zero-order chi connectivity index (χ0) is 10.5.